The van der Waals surface area contributed by atoms with Gasteiger partial charge in [0, 0.05) is 11.6 Å². The number of aryl methyl sites for hydroxylation is 1. The van der Waals surface area contributed by atoms with Gasteiger partial charge in [-0.3, -0.25) is 9.10 Å². The van der Waals surface area contributed by atoms with Crippen LogP contribution in [-0.4, -0.2) is 27.4 Å². The third kappa shape index (κ3) is 5.59. The number of sulfonamides is 1. The molecule has 1 aromatic heterocycles. The number of halogens is 2. The van der Waals surface area contributed by atoms with Gasteiger partial charge in [-0.05, 0) is 60.2 Å². The number of carbonyl (C=O) groups is 1. The Labute approximate surface area is 184 Å². The fourth-order valence-corrected chi connectivity index (χ4v) is 5.59. The van der Waals surface area contributed by atoms with E-state index in [9.17, 15) is 17.6 Å². The highest BCUT2D eigenvalue weighted by molar-refractivity contribution is 7.94. The van der Waals surface area contributed by atoms with Crippen LogP contribution in [0.3, 0.4) is 0 Å². The lowest BCUT2D eigenvalue weighted by molar-refractivity contribution is -0.119. The predicted octanol–water partition coefficient (Wildman–Crippen LogP) is 4.48. The van der Waals surface area contributed by atoms with E-state index in [0.29, 0.717) is 24.4 Å². The molecule has 3 rings (SSSR count). The molecule has 1 heterocycles. The van der Waals surface area contributed by atoms with E-state index in [1.807, 2.05) is 24.3 Å². The van der Waals surface area contributed by atoms with Gasteiger partial charge >= 0.3 is 0 Å². The molecule has 0 fully saturated rings. The van der Waals surface area contributed by atoms with Gasteiger partial charge in [0.05, 0.1) is 5.69 Å². The number of rotatable bonds is 9. The second-order valence-corrected chi connectivity index (χ2v) is 9.91. The zero-order valence-corrected chi connectivity index (χ0v) is 18.3. The molecule has 0 radical (unpaired) electrons. The number of hydrogen-bond acceptors (Lipinski definition) is 4. The highest BCUT2D eigenvalue weighted by atomic mass is 35.5. The van der Waals surface area contributed by atoms with E-state index in [0.717, 1.165) is 33.3 Å². The fraction of sp³-hybridized carbons (Fsp3) is 0.190. The third-order valence-electron chi connectivity index (χ3n) is 4.34. The first-order valence-corrected chi connectivity index (χ1v) is 11.9. The largest absolute Gasteiger partial charge is 0.355 e. The molecule has 0 unspecified atom stereocenters. The number of hydrogen-bond donors (Lipinski definition) is 1. The van der Waals surface area contributed by atoms with Gasteiger partial charge in [-0.15, -0.1) is 11.3 Å². The van der Waals surface area contributed by atoms with Crippen LogP contribution in [0.5, 0.6) is 0 Å². The number of thiophene rings is 1. The lowest BCUT2D eigenvalue weighted by atomic mass is 10.1. The maximum Gasteiger partial charge on any atom is 0.274 e. The van der Waals surface area contributed by atoms with Crippen molar-refractivity contribution in [3.8, 4) is 0 Å². The van der Waals surface area contributed by atoms with Crippen LogP contribution in [0.1, 0.15) is 12.0 Å². The number of nitrogens with zero attached hydrogens (tertiary/aromatic N) is 1. The van der Waals surface area contributed by atoms with Crippen LogP contribution in [-0.2, 0) is 21.2 Å². The summed E-state index contributed by atoms with van der Waals surface area (Å²) in [5.74, 6) is -0.935. The van der Waals surface area contributed by atoms with E-state index in [2.05, 4.69) is 5.32 Å². The Morgan fingerprint density at radius 3 is 2.47 bits per heavy atom. The van der Waals surface area contributed by atoms with Crippen LogP contribution in [0.15, 0.2) is 70.3 Å². The van der Waals surface area contributed by atoms with E-state index in [4.69, 9.17) is 11.6 Å². The highest BCUT2D eigenvalue weighted by Gasteiger charge is 2.28. The van der Waals surface area contributed by atoms with Crippen molar-refractivity contribution < 1.29 is 17.6 Å². The highest BCUT2D eigenvalue weighted by Crippen LogP contribution is 2.26. The van der Waals surface area contributed by atoms with E-state index in [-0.39, 0.29) is 9.90 Å². The molecule has 0 bridgehead atoms. The second-order valence-electron chi connectivity index (χ2n) is 6.47. The van der Waals surface area contributed by atoms with E-state index in [1.54, 1.807) is 11.4 Å². The van der Waals surface area contributed by atoms with Crippen molar-refractivity contribution in [2.24, 2.45) is 0 Å². The summed E-state index contributed by atoms with van der Waals surface area (Å²) in [4.78, 5) is 12.5. The summed E-state index contributed by atoms with van der Waals surface area (Å²) in [5.41, 5.74) is 1.21. The molecule has 1 N–H and O–H groups in total. The lowest BCUT2D eigenvalue weighted by Gasteiger charge is -2.23. The molecule has 1 amide bonds. The molecule has 0 aliphatic rings. The molecular weight excluding hydrogens is 447 g/mol. The van der Waals surface area contributed by atoms with E-state index < -0.39 is 28.3 Å². The Hall–Kier alpha value is -2.42. The van der Waals surface area contributed by atoms with Gasteiger partial charge in [-0.2, -0.15) is 0 Å². The minimum absolute atomic E-state index is 0.110. The lowest BCUT2D eigenvalue weighted by Crippen LogP contribution is -2.41. The molecule has 0 saturated heterocycles. The van der Waals surface area contributed by atoms with Crippen molar-refractivity contribution >= 4 is 44.6 Å². The van der Waals surface area contributed by atoms with Gasteiger partial charge in [0.1, 0.15) is 16.6 Å². The minimum atomic E-state index is -3.95. The van der Waals surface area contributed by atoms with Crippen LogP contribution in [0, 0.1) is 5.82 Å². The van der Waals surface area contributed by atoms with E-state index in [1.165, 1.54) is 18.2 Å². The summed E-state index contributed by atoms with van der Waals surface area (Å²) in [6, 6.07) is 15.6. The maximum absolute atomic E-state index is 13.3. The molecule has 0 aliphatic heterocycles. The molecule has 0 saturated carbocycles. The Morgan fingerprint density at radius 2 is 1.80 bits per heavy atom. The van der Waals surface area contributed by atoms with Gasteiger partial charge in [-0.25, -0.2) is 12.8 Å². The van der Waals surface area contributed by atoms with Gasteiger partial charge < -0.3 is 5.32 Å². The van der Waals surface area contributed by atoms with Gasteiger partial charge in [0.15, 0.2) is 0 Å². The van der Waals surface area contributed by atoms with Crippen molar-refractivity contribution in [1.29, 1.82) is 0 Å². The van der Waals surface area contributed by atoms with Crippen molar-refractivity contribution in [1.82, 2.24) is 5.32 Å². The molecule has 0 spiro atoms. The summed E-state index contributed by atoms with van der Waals surface area (Å²) in [5, 5.41) is 5.06. The Kier molecular flexibility index (Phi) is 7.47. The van der Waals surface area contributed by atoms with Gasteiger partial charge in [-0.1, -0.05) is 35.9 Å². The fourth-order valence-electron chi connectivity index (χ4n) is 2.84. The molecule has 30 heavy (non-hydrogen) atoms. The SMILES string of the molecule is O=C(CN(c1ccc(F)cc1)S(=O)(=O)c1cccs1)NCCCc1ccccc1Cl. The summed E-state index contributed by atoms with van der Waals surface area (Å²) in [6.45, 7) is -0.0294. The normalized spacial score (nSPS) is 11.3. The number of amides is 1. The Bertz CT molecular complexity index is 1090. The minimum Gasteiger partial charge on any atom is -0.355 e. The monoisotopic (exact) mass is 466 g/mol. The smallest absolute Gasteiger partial charge is 0.274 e. The van der Waals surface area contributed by atoms with Crippen LogP contribution < -0.4 is 9.62 Å². The van der Waals surface area contributed by atoms with Crippen molar-refractivity contribution in [2.75, 3.05) is 17.4 Å². The first kappa shape index (κ1) is 22.3. The van der Waals surface area contributed by atoms with Gasteiger partial charge in [0.25, 0.3) is 10.0 Å². The summed E-state index contributed by atoms with van der Waals surface area (Å²) in [6.07, 6.45) is 1.35. The molecule has 3 aromatic rings. The quantitative estimate of drug-likeness (QED) is 0.473. The molecule has 0 atom stereocenters. The maximum atomic E-state index is 13.3. The van der Waals surface area contributed by atoms with Crippen LogP contribution in [0.25, 0.3) is 0 Å². The summed E-state index contributed by atoms with van der Waals surface area (Å²) < 4.78 is 40.4. The number of nitrogens with one attached hydrogen (secondary N) is 1. The Morgan fingerprint density at radius 1 is 1.07 bits per heavy atom. The van der Waals surface area contributed by atoms with Crippen molar-refractivity contribution in [3.63, 3.8) is 0 Å². The summed E-state index contributed by atoms with van der Waals surface area (Å²) in [7, 11) is -3.95. The predicted molar refractivity (Wildman–Crippen MR) is 118 cm³/mol. The number of benzene rings is 2. The summed E-state index contributed by atoms with van der Waals surface area (Å²) >= 11 is 7.18. The average molecular weight is 467 g/mol. The van der Waals surface area contributed by atoms with E-state index >= 15 is 0 Å². The van der Waals surface area contributed by atoms with Crippen molar-refractivity contribution in [3.05, 3.63) is 82.4 Å². The topological polar surface area (TPSA) is 66.5 Å². The standard InChI is InChI=1S/C21H20ClFN2O3S2/c22-19-7-2-1-5-16(19)6-3-13-24-20(26)15-25(18-11-9-17(23)10-12-18)30(27,28)21-8-4-14-29-21/h1-2,4-5,7-12,14H,3,6,13,15H2,(H,24,26). The van der Waals surface area contributed by atoms with Crippen molar-refractivity contribution in [2.45, 2.75) is 17.1 Å². The molecular formula is C21H20ClFN2O3S2. The number of anilines is 1. The third-order valence-corrected chi connectivity index (χ3v) is 7.86. The first-order chi connectivity index (χ1) is 14.4. The van der Waals surface area contributed by atoms with Gasteiger partial charge in [0.2, 0.25) is 5.91 Å². The molecule has 5 nitrogen and oxygen atoms in total. The average Bonchev–Trinajstić information content (AvgIpc) is 3.27. The zero-order valence-electron chi connectivity index (χ0n) is 15.9. The number of carbonyl (C=O) groups excluding carboxylic acids is 1. The second kappa shape index (κ2) is 10.1. The molecule has 0 aliphatic carbocycles. The molecule has 2 aromatic carbocycles. The molecule has 158 valence electrons. The Balaban J connectivity index is 1.66. The zero-order chi connectivity index (χ0) is 21.6. The van der Waals surface area contributed by atoms with Crippen LogP contribution in [0.4, 0.5) is 10.1 Å². The molecule has 9 heteroatoms. The van der Waals surface area contributed by atoms with Crippen LogP contribution >= 0.6 is 22.9 Å². The first-order valence-electron chi connectivity index (χ1n) is 9.20. The van der Waals surface area contributed by atoms with Crippen LogP contribution in [0.2, 0.25) is 5.02 Å².